The van der Waals surface area contributed by atoms with E-state index in [1.807, 2.05) is 25.1 Å². The highest BCUT2D eigenvalue weighted by Crippen LogP contribution is 2.28. The number of aliphatic hydroxyl groups excluding tert-OH is 1. The molecule has 0 unspecified atom stereocenters. The van der Waals surface area contributed by atoms with Gasteiger partial charge >= 0.3 is 0 Å². The normalized spacial score (nSPS) is 11.9. The third-order valence-electron chi connectivity index (χ3n) is 2.89. The second kappa shape index (κ2) is 8.56. The van der Waals surface area contributed by atoms with Crippen LogP contribution in [0.25, 0.3) is 0 Å². The van der Waals surface area contributed by atoms with Crippen molar-refractivity contribution >= 4 is 0 Å². The average Bonchev–Trinajstić information content (AvgIpc) is 2.46. The molecular weight excluding hydrogens is 242 g/mol. The predicted octanol–water partition coefficient (Wildman–Crippen LogP) is 2.12. The van der Waals surface area contributed by atoms with Crippen LogP contribution in [0.3, 0.4) is 0 Å². The van der Waals surface area contributed by atoms with Gasteiger partial charge in [0.05, 0.1) is 13.7 Å². The van der Waals surface area contributed by atoms with Gasteiger partial charge in [-0.05, 0) is 24.1 Å². The average molecular weight is 265 g/mol. The lowest BCUT2D eigenvalue weighted by Crippen LogP contribution is -2.31. The van der Waals surface area contributed by atoms with Gasteiger partial charge in [-0.1, -0.05) is 25.6 Å². The van der Waals surface area contributed by atoms with Crippen LogP contribution in [0.15, 0.2) is 30.9 Å². The molecule has 0 aliphatic carbocycles. The Labute approximate surface area is 115 Å². The van der Waals surface area contributed by atoms with Crippen LogP contribution in [0.2, 0.25) is 0 Å². The van der Waals surface area contributed by atoms with Gasteiger partial charge in [0.25, 0.3) is 0 Å². The number of rotatable bonds is 9. The van der Waals surface area contributed by atoms with Crippen molar-refractivity contribution in [1.29, 1.82) is 0 Å². The molecule has 0 aromatic heterocycles. The van der Waals surface area contributed by atoms with Crippen LogP contribution in [0.1, 0.15) is 18.9 Å². The van der Waals surface area contributed by atoms with Gasteiger partial charge in [0.1, 0.15) is 6.61 Å². The first-order chi connectivity index (χ1) is 9.24. The maximum atomic E-state index is 9.13. The Morgan fingerprint density at radius 1 is 1.42 bits per heavy atom. The molecule has 0 amide bonds. The van der Waals surface area contributed by atoms with Crippen LogP contribution >= 0.6 is 0 Å². The smallest absolute Gasteiger partial charge is 0.161 e. The maximum absolute atomic E-state index is 9.13. The lowest BCUT2D eigenvalue weighted by molar-refractivity contribution is 0.238. The van der Waals surface area contributed by atoms with Gasteiger partial charge in [0.2, 0.25) is 0 Å². The van der Waals surface area contributed by atoms with E-state index in [4.69, 9.17) is 14.6 Å². The van der Waals surface area contributed by atoms with Crippen LogP contribution in [-0.4, -0.2) is 31.5 Å². The Morgan fingerprint density at radius 3 is 2.79 bits per heavy atom. The van der Waals surface area contributed by atoms with Crippen LogP contribution < -0.4 is 14.8 Å². The highest BCUT2D eigenvalue weighted by atomic mass is 16.5. The molecule has 0 heterocycles. The van der Waals surface area contributed by atoms with Crippen molar-refractivity contribution in [3.05, 3.63) is 36.4 Å². The summed E-state index contributed by atoms with van der Waals surface area (Å²) in [7, 11) is 1.62. The van der Waals surface area contributed by atoms with Crippen molar-refractivity contribution in [2.45, 2.75) is 25.9 Å². The van der Waals surface area contributed by atoms with E-state index in [1.165, 1.54) is 0 Å². The zero-order valence-electron chi connectivity index (χ0n) is 11.7. The van der Waals surface area contributed by atoms with E-state index in [9.17, 15) is 0 Å². The molecule has 19 heavy (non-hydrogen) atoms. The van der Waals surface area contributed by atoms with Gasteiger partial charge in [0.15, 0.2) is 11.5 Å². The number of methoxy groups -OCH3 is 1. The van der Waals surface area contributed by atoms with Gasteiger partial charge in [0, 0.05) is 12.6 Å². The highest BCUT2D eigenvalue weighted by Gasteiger charge is 2.07. The van der Waals surface area contributed by atoms with Crippen molar-refractivity contribution < 1.29 is 14.6 Å². The minimum absolute atomic E-state index is 0.127. The molecule has 2 N–H and O–H groups in total. The fraction of sp³-hybridized carbons (Fsp3) is 0.467. The topological polar surface area (TPSA) is 50.7 Å². The summed E-state index contributed by atoms with van der Waals surface area (Å²) in [4.78, 5) is 0. The van der Waals surface area contributed by atoms with Gasteiger partial charge in [-0.3, -0.25) is 0 Å². The van der Waals surface area contributed by atoms with E-state index in [-0.39, 0.29) is 12.6 Å². The molecule has 0 saturated carbocycles. The molecule has 1 aromatic carbocycles. The van der Waals surface area contributed by atoms with Crippen LogP contribution in [0.5, 0.6) is 11.5 Å². The van der Waals surface area contributed by atoms with Crippen molar-refractivity contribution in [2.24, 2.45) is 0 Å². The molecule has 1 aromatic rings. The summed E-state index contributed by atoms with van der Waals surface area (Å²) in [5, 5.41) is 12.4. The van der Waals surface area contributed by atoms with Gasteiger partial charge < -0.3 is 19.9 Å². The van der Waals surface area contributed by atoms with Gasteiger partial charge in [-0.25, -0.2) is 0 Å². The summed E-state index contributed by atoms with van der Waals surface area (Å²) >= 11 is 0. The van der Waals surface area contributed by atoms with Crippen LogP contribution in [0.4, 0.5) is 0 Å². The SMILES string of the molecule is C=CCOc1ccc(CN[C@H](CC)CO)cc1OC. The second-order valence-corrected chi connectivity index (χ2v) is 4.25. The summed E-state index contributed by atoms with van der Waals surface area (Å²) in [5.41, 5.74) is 1.09. The molecular formula is C15H23NO3. The number of nitrogens with one attached hydrogen (secondary N) is 1. The largest absolute Gasteiger partial charge is 0.493 e. The Kier molecular flexibility index (Phi) is 7.00. The molecule has 4 nitrogen and oxygen atoms in total. The Bertz CT molecular complexity index is 389. The lowest BCUT2D eigenvalue weighted by Gasteiger charge is -2.15. The number of aliphatic hydroxyl groups is 1. The number of hydrogen-bond acceptors (Lipinski definition) is 4. The van der Waals surface area contributed by atoms with E-state index in [2.05, 4.69) is 11.9 Å². The van der Waals surface area contributed by atoms with Gasteiger partial charge in [-0.15, -0.1) is 0 Å². The van der Waals surface area contributed by atoms with Crippen molar-refractivity contribution in [1.82, 2.24) is 5.32 Å². The van der Waals surface area contributed by atoms with Crippen LogP contribution in [0, 0.1) is 0 Å². The minimum Gasteiger partial charge on any atom is -0.493 e. The van der Waals surface area contributed by atoms with Gasteiger partial charge in [-0.2, -0.15) is 0 Å². The standard InChI is InChI=1S/C15H23NO3/c1-4-8-19-14-7-6-12(9-15(14)18-3)10-16-13(5-2)11-17/h4,6-7,9,13,16-17H,1,5,8,10-11H2,2-3H3/t13-/m1/s1. The number of ether oxygens (including phenoxy) is 2. The monoisotopic (exact) mass is 265 g/mol. The molecule has 4 heteroatoms. The molecule has 0 spiro atoms. The first kappa shape index (κ1) is 15.5. The van der Waals surface area contributed by atoms with E-state index in [0.29, 0.717) is 24.7 Å². The Hall–Kier alpha value is -1.52. The van der Waals surface area contributed by atoms with Crippen molar-refractivity contribution in [3.63, 3.8) is 0 Å². The molecule has 1 atom stereocenters. The number of hydrogen-bond donors (Lipinski definition) is 2. The van der Waals surface area contributed by atoms with E-state index in [0.717, 1.165) is 12.0 Å². The van der Waals surface area contributed by atoms with Crippen LogP contribution in [-0.2, 0) is 6.54 Å². The molecule has 106 valence electrons. The second-order valence-electron chi connectivity index (χ2n) is 4.25. The summed E-state index contributed by atoms with van der Waals surface area (Å²) in [6.07, 6.45) is 2.59. The summed E-state index contributed by atoms with van der Waals surface area (Å²) in [6, 6.07) is 5.94. The first-order valence-corrected chi connectivity index (χ1v) is 6.50. The summed E-state index contributed by atoms with van der Waals surface area (Å²) in [5.74, 6) is 1.42. The highest BCUT2D eigenvalue weighted by molar-refractivity contribution is 5.43. The predicted molar refractivity (Wildman–Crippen MR) is 76.7 cm³/mol. The Morgan fingerprint density at radius 2 is 2.21 bits per heavy atom. The first-order valence-electron chi connectivity index (χ1n) is 6.50. The van der Waals surface area contributed by atoms with E-state index in [1.54, 1.807) is 13.2 Å². The molecule has 0 aliphatic heterocycles. The Balaban J connectivity index is 2.67. The molecule has 0 radical (unpaired) electrons. The fourth-order valence-electron chi connectivity index (χ4n) is 1.69. The molecule has 0 saturated heterocycles. The molecule has 1 rings (SSSR count). The molecule has 0 bridgehead atoms. The maximum Gasteiger partial charge on any atom is 0.161 e. The molecule has 0 aliphatic rings. The van der Waals surface area contributed by atoms with E-state index >= 15 is 0 Å². The minimum atomic E-state index is 0.127. The third-order valence-corrected chi connectivity index (χ3v) is 2.89. The zero-order chi connectivity index (χ0) is 14.1. The summed E-state index contributed by atoms with van der Waals surface area (Å²) in [6.45, 7) is 6.95. The summed E-state index contributed by atoms with van der Waals surface area (Å²) < 4.78 is 10.8. The quantitative estimate of drug-likeness (QED) is 0.672. The fourth-order valence-corrected chi connectivity index (χ4v) is 1.69. The lowest BCUT2D eigenvalue weighted by atomic mass is 10.1. The molecule has 0 fully saturated rings. The number of benzene rings is 1. The third kappa shape index (κ3) is 4.93. The van der Waals surface area contributed by atoms with E-state index < -0.39 is 0 Å². The van der Waals surface area contributed by atoms with Crippen molar-refractivity contribution in [2.75, 3.05) is 20.3 Å². The van der Waals surface area contributed by atoms with Crippen molar-refractivity contribution in [3.8, 4) is 11.5 Å². The zero-order valence-corrected chi connectivity index (χ0v) is 11.7.